The van der Waals surface area contributed by atoms with E-state index in [0.29, 0.717) is 19.6 Å². The quantitative estimate of drug-likeness (QED) is 0.730. The second-order valence-corrected chi connectivity index (χ2v) is 4.52. The van der Waals surface area contributed by atoms with Crippen LogP contribution in [-0.4, -0.2) is 79.0 Å². The molecule has 2 amide bonds. The van der Waals surface area contributed by atoms with Crippen molar-refractivity contribution in [3.05, 3.63) is 0 Å². The van der Waals surface area contributed by atoms with Crippen LogP contribution in [0.15, 0.2) is 0 Å². The first-order valence-corrected chi connectivity index (χ1v) is 6.03. The summed E-state index contributed by atoms with van der Waals surface area (Å²) in [5, 5.41) is 8.89. The first kappa shape index (κ1) is 13.1. The van der Waals surface area contributed by atoms with E-state index in [-0.39, 0.29) is 25.3 Å². The topological polar surface area (TPSA) is 79.3 Å². The Bertz CT molecular complexity index is 335. The lowest BCUT2D eigenvalue weighted by Crippen LogP contribution is -2.52. The number of hydrogen-bond acceptors (Lipinski definition) is 4. The summed E-state index contributed by atoms with van der Waals surface area (Å²) in [7, 11) is 1.63. The van der Waals surface area contributed by atoms with Gasteiger partial charge in [-0.25, -0.2) is 9.59 Å². The van der Waals surface area contributed by atoms with Crippen LogP contribution in [0.3, 0.4) is 0 Å². The zero-order chi connectivity index (χ0) is 13.1. The second kappa shape index (κ2) is 5.53. The Kier molecular flexibility index (Phi) is 4.03. The molecule has 2 rings (SSSR count). The van der Waals surface area contributed by atoms with Crippen LogP contribution in [0.5, 0.6) is 0 Å². The Morgan fingerprint density at radius 3 is 2.61 bits per heavy atom. The first-order chi connectivity index (χ1) is 8.61. The highest BCUT2D eigenvalue weighted by Crippen LogP contribution is 2.16. The zero-order valence-electron chi connectivity index (χ0n) is 10.4. The lowest BCUT2D eigenvalue weighted by atomic mass is 10.3. The maximum atomic E-state index is 12.2. The maximum absolute atomic E-state index is 12.2. The molecule has 7 heteroatoms. The molecule has 2 unspecified atom stereocenters. The zero-order valence-corrected chi connectivity index (χ0v) is 10.4. The molecule has 0 aromatic rings. The van der Waals surface area contributed by atoms with E-state index in [2.05, 4.69) is 0 Å². The Morgan fingerprint density at radius 2 is 2.00 bits per heavy atom. The van der Waals surface area contributed by atoms with Crippen molar-refractivity contribution >= 4 is 12.0 Å². The molecule has 2 aliphatic rings. The number of nitrogens with zero attached hydrogens (tertiary/aromatic N) is 2. The highest BCUT2D eigenvalue weighted by molar-refractivity contribution is 5.77. The predicted octanol–water partition coefficient (Wildman–Crippen LogP) is -0.387. The highest BCUT2D eigenvalue weighted by atomic mass is 16.5. The van der Waals surface area contributed by atoms with Gasteiger partial charge in [0.1, 0.15) is 0 Å². The van der Waals surface area contributed by atoms with Crippen LogP contribution in [-0.2, 0) is 14.3 Å². The van der Waals surface area contributed by atoms with Gasteiger partial charge in [0.2, 0.25) is 0 Å². The molecule has 102 valence electrons. The summed E-state index contributed by atoms with van der Waals surface area (Å²) in [6.07, 6.45) is 0.00311. The Balaban J connectivity index is 1.91. The average Bonchev–Trinajstić information content (AvgIpc) is 2.86. The van der Waals surface area contributed by atoms with Gasteiger partial charge in [0.15, 0.2) is 6.10 Å². The molecule has 0 aliphatic carbocycles. The van der Waals surface area contributed by atoms with E-state index in [1.54, 1.807) is 16.9 Å². The van der Waals surface area contributed by atoms with Crippen LogP contribution in [0.1, 0.15) is 6.42 Å². The number of carboxylic acid groups (broad SMARTS) is 1. The molecule has 18 heavy (non-hydrogen) atoms. The lowest BCUT2D eigenvalue weighted by Gasteiger charge is -2.33. The van der Waals surface area contributed by atoms with Gasteiger partial charge in [0, 0.05) is 26.7 Å². The van der Waals surface area contributed by atoms with Crippen molar-refractivity contribution < 1.29 is 24.2 Å². The highest BCUT2D eigenvalue weighted by Gasteiger charge is 2.34. The predicted molar refractivity (Wildman–Crippen MR) is 61.3 cm³/mol. The number of morpholine rings is 1. The number of methoxy groups -OCH3 is 1. The van der Waals surface area contributed by atoms with E-state index in [4.69, 9.17) is 14.6 Å². The Hall–Kier alpha value is -1.34. The number of hydrogen-bond donors (Lipinski definition) is 1. The fourth-order valence-electron chi connectivity index (χ4n) is 2.27. The van der Waals surface area contributed by atoms with Crippen molar-refractivity contribution in [2.24, 2.45) is 0 Å². The summed E-state index contributed by atoms with van der Waals surface area (Å²) >= 11 is 0. The third-order valence-corrected chi connectivity index (χ3v) is 3.36. The Morgan fingerprint density at radius 1 is 1.28 bits per heavy atom. The normalized spacial score (nSPS) is 28.5. The molecule has 1 N–H and O–H groups in total. The number of carbonyl (C=O) groups is 2. The van der Waals surface area contributed by atoms with Crippen LogP contribution < -0.4 is 0 Å². The van der Waals surface area contributed by atoms with Gasteiger partial charge in [0.25, 0.3) is 0 Å². The van der Waals surface area contributed by atoms with Gasteiger partial charge >= 0.3 is 12.0 Å². The third-order valence-electron chi connectivity index (χ3n) is 3.36. The van der Waals surface area contributed by atoms with Gasteiger partial charge in [-0.2, -0.15) is 0 Å². The third kappa shape index (κ3) is 2.73. The Labute approximate surface area is 105 Å². The monoisotopic (exact) mass is 258 g/mol. The molecule has 2 heterocycles. The van der Waals surface area contributed by atoms with Crippen molar-refractivity contribution in [1.82, 2.24) is 9.80 Å². The molecule has 0 spiro atoms. The molecule has 2 saturated heterocycles. The summed E-state index contributed by atoms with van der Waals surface area (Å²) < 4.78 is 10.3. The van der Waals surface area contributed by atoms with E-state index in [1.165, 1.54) is 0 Å². The second-order valence-electron chi connectivity index (χ2n) is 4.52. The smallest absolute Gasteiger partial charge is 0.334 e. The molecular formula is C11H18N2O5. The van der Waals surface area contributed by atoms with Crippen LogP contribution in [0, 0.1) is 0 Å². The number of aliphatic carboxylic acids is 1. The first-order valence-electron chi connectivity index (χ1n) is 6.03. The van der Waals surface area contributed by atoms with Crippen molar-refractivity contribution in [3.8, 4) is 0 Å². The van der Waals surface area contributed by atoms with E-state index >= 15 is 0 Å². The fourth-order valence-corrected chi connectivity index (χ4v) is 2.27. The number of amides is 2. The van der Waals surface area contributed by atoms with Gasteiger partial charge in [-0.3, -0.25) is 0 Å². The number of carbonyl (C=O) groups excluding carboxylic acids is 1. The summed E-state index contributed by atoms with van der Waals surface area (Å²) in [5.41, 5.74) is 0. The molecule has 2 aliphatic heterocycles. The molecule has 0 saturated carbocycles. The number of urea groups is 1. The van der Waals surface area contributed by atoms with Crippen molar-refractivity contribution in [2.45, 2.75) is 18.6 Å². The van der Waals surface area contributed by atoms with Gasteiger partial charge in [0.05, 0.1) is 19.3 Å². The molecule has 2 fully saturated rings. The van der Waals surface area contributed by atoms with Crippen molar-refractivity contribution in [2.75, 3.05) is 39.9 Å². The number of rotatable bonds is 2. The van der Waals surface area contributed by atoms with Crippen LogP contribution >= 0.6 is 0 Å². The largest absolute Gasteiger partial charge is 0.479 e. The van der Waals surface area contributed by atoms with Crippen LogP contribution in [0.25, 0.3) is 0 Å². The molecule has 7 nitrogen and oxygen atoms in total. The summed E-state index contributed by atoms with van der Waals surface area (Å²) in [5.74, 6) is -1.02. The van der Waals surface area contributed by atoms with Crippen molar-refractivity contribution in [1.29, 1.82) is 0 Å². The van der Waals surface area contributed by atoms with Crippen LogP contribution in [0.4, 0.5) is 4.79 Å². The standard InChI is InChI=1S/C11H18N2O5/c1-17-8-2-3-12(6-8)11(16)13-4-5-18-9(7-13)10(14)15/h8-9H,2-7H2,1H3,(H,14,15). The minimum Gasteiger partial charge on any atom is -0.479 e. The summed E-state index contributed by atoms with van der Waals surface area (Å²) in [6.45, 7) is 2.06. The van der Waals surface area contributed by atoms with Crippen molar-refractivity contribution in [3.63, 3.8) is 0 Å². The minimum absolute atomic E-state index is 0.0882. The number of carboxylic acids is 1. The molecule has 0 aromatic carbocycles. The van der Waals surface area contributed by atoms with Gasteiger partial charge < -0.3 is 24.4 Å². The minimum atomic E-state index is -1.02. The number of ether oxygens (including phenoxy) is 2. The fraction of sp³-hybridized carbons (Fsp3) is 0.818. The number of likely N-dealkylation sites (tertiary alicyclic amines) is 1. The molecule has 0 bridgehead atoms. The molecule has 0 aromatic heterocycles. The van der Waals surface area contributed by atoms with E-state index < -0.39 is 12.1 Å². The molecule has 0 radical (unpaired) electrons. The van der Waals surface area contributed by atoms with E-state index in [0.717, 1.165) is 6.42 Å². The summed E-state index contributed by atoms with van der Waals surface area (Å²) in [4.78, 5) is 26.3. The van der Waals surface area contributed by atoms with E-state index in [9.17, 15) is 9.59 Å². The molecule has 2 atom stereocenters. The maximum Gasteiger partial charge on any atom is 0.334 e. The lowest BCUT2D eigenvalue weighted by molar-refractivity contribution is -0.154. The summed E-state index contributed by atoms with van der Waals surface area (Å²) in [6, 6.07) is -0.121. The van der Waals surface area contributed by atoms with E-state index in [1.807, 2.05) is 0 Å². The van der Waals surface area contributed by atoms with Crippen LogP contribution in [0.2, 0.25) is 0 Å². The molecular weight excluding hydrogens is 240 g/mol. The van der Waals surface area contributed by atoms with Gasteiger partial charge in [-0.1, -0.05) is 0 Å². The van der Waals surface area contributed by atoms with Gasteiger partial charge in [-0.15, -0.1) is 0 Å². The SMILES string of the molecule is COC1CCN(C(=O)N2CCOC(C(=O)O)C2)C1. The average molecular weight is 258 g/mol. The van der Waals surface area contributed by atoms with Gasteiger partial charge in [-0.05, 0) is 6.42 Å².